The fourth-order valence-electron chi connectivity index (χ4n) is 0.982. The van der Waals surface area contributed by atoms with Crippen molar-refractivity contribution in [1.29, 1.82) is 0 Å². The van der Waals surface area contributed by atoms with E-state index >= 15 is 0 Å². The maximum absolute atomic E-state index is 12.3. The minimum absolute atomic E-state index is 0.339. The van der Waals surface area contributed by atoms with Crippen LogP contribution in [0.3, 0.4) is 0 Å². The number of nitro groups is 1. The maximum atomic E-state index is 12.3. The standard InChI is InChI=1S/C7H5ClF2N2O3/c8-5-3(7(9)10)1-11-4(2-13)6(5)12(14)15/h1,7,13H,2H2. The van der Waals surface area contributed by atoms with Crippen molar-refractivity contribution >= 4 is 17.3 Å². The van der Waals surface area contributed by atoms with Gasteiger partial charge in [-0.3, -0.25) is 15.1 Å². The van der Waals surface area contributed by atoms with Crippen LogP contribution in [0.15, 0.2) is 6.20 Å². The Kier molecular flexibility index (Phi) is 3.48. The quantitative estimate of drug-likeness (QED) is 0.646. The molecule has 1 aromatic rings. The number of pyridine rings is 1. The molecule has 0 radical (unpaired) electrons. The van der Waals surface area contributed by atoms with Gasteiger partial charge in [-0.15, -0.1) is 0 Å². The van der Waals surface area contributed by atoms with Crippen LogP contribution in [0.5, 0.6) is 0 Å². The van der Waals surface area contributed by atoms with Gasteiger partial charge < -0.3 is 5.11 Å². The Morgan fingerprint density at radius 3 is 2.67 bits per heavy atom. The first kappa shape index (κ1) is 11.7. The summed E-state index contributed by atoms with van der Waals surface area (Å²) in [6, 6.07) is 0. The highest BCUT2D eigenvalue weighted by atomic mass is 35.5. The zero-order valence-electron chi connectivity index (χ0n) is 7.15. The van der Waals surface area contributed by atoms with Gasteiger partial charge in [0.25, 0.3) is 6.43 Å². The predicted octanol–water partition coefficient (Wildman–Crippen LogP) is 2.07. The number of halogens is 3. The Balaban J connectivity index is 3.42. The summed E-state index contributed by atoms with van der Waals surface area (Å²) in [6.07, 6.45) is -2.23. The minimum Gasteiger partial charge on any atom is -0.390 e. The van der Waals surface area contributed by atoms with E-state index in [1.165, 1.54) is 0 Å². The monoisotopic (exact) mass is 238 g/mol. The molecule has 0 aromatic carbocycles. The van der Waals surface area contributed by atoms with E-state index in [0.717, 1.165) is 0 Å². The third-order valence-electron chi connectivity index (χ3n) is 1.66. The van der Waals surface area contributed by atoms with Crippen LogP contribution in [-0.2, 0) is 6.61 Å². The van der Waals surface area contributed by atoms with Gasteiger partial charge in [0, 0.05) is 6.20 Å². The van der Waals surface area contributed by atoms with E-state index in [0.29, 0.717) is 6.20 Å². The fraction of sp³-hybridized carbons (Fsp3) is 0.286. The van der Waals surface area contributed by atoms with E-state index in [2.05, 4.69) is 4.98 Å². The summed E-state index contributed by atoms with van der Waals surface area (Å²) in [5.41, 5.74) is -1.84. The van der Waals surface area contributed by atoms with Gasteiger partial charge in [0.2, 0.25) is 0 Å². The molecule has 0 aliphatic heterocycles. The molecule has 0 amide bonds. The van der Waals surface area contributed by atoms with E-state index in [9.17, 15) is 18.9 Å². The second kappa shape index (κ2) is 4.45. The van der Waals surface area contributed by atoms with Crippen LogP contribution < -0.4 is 0 Å². The SMILES string of the molecule is O=[N+]([O-])c1c(CO)ncc(C(F)F)c1Cl. The molecule has 8 heteroatoms. The van der Waals surface area contributed by atoms with Gasteiger partial charge in [-0.25, -0.2) is 8.78 Å². The molecule has 0 unspecified atom stereocenters. The summed E-state index contributed by atoms with van der Waals surface area (Å²) < 4.78 is 24.6. The van der Waals surface area contributed by atoms with E-state index in [1.54, 1.807) is 0 Å². The molecular formula is C7H5ClF2N2O3. The second-order valence-corrected chi connectivity index (χ2v) is 2.92. The van der Waals surface area contributed by atoms with Gasteiger partial charge in [-0.05, 0) is 0 Å². The molecule has 0 aliphatic rings. The third kappa shape index (κ3) is 2.18. The molecule has 0 bridgehead atoms. The molecule has 0 spiro atoms. The molecular weight excluding hydrogens is 234 g/mol. The van der Waals surface area contributed by atoms with E-state index in [-0.39, 0.29) is 5.69 Å². The molecule has 5 nitrogen and oxygen atoms in total. The van der Waals surface area contributed by atoms with Crippen LogP contribution in [-0.4, -0.2) is 15.0 Å². The Hall–Kier alpha value is -1.34. The van der Waals surface area contributed by atoms with Crippen molar-refractivity contribution < 1.29 is 18.8 Å². The Morgan fingerprint density at radius 1 is 1.67 bits per heavy atom. The van der Waals surface area contributed by atoms with Gasteiger partial charge in [0.1, 0.15) is 10.7 Å². The summed E-state index contributed by atoms with van der Waals surface area (Å²) in [7, 11) is 0. The fourth-order valence-corrected chi connectivity index (χ4v) is 1.29. The molecule has 15 heavy (non-hydrogen) atoms. The van der Waals surface area contributed by atoms with Gasteiger partial charge in [-0.2, -0.15) is 0 Å². The van der Waals surface area contributed by atoms with Crippen molar-refractivity contribution in [2.75, 3.05) is 0 Å². The third-order valence-corrected chi connectivity index (χ3v) is 2.06. The topological polar surface area (TPSA) is 76.3 Å². The number of alkyl halides is 2. The number of rotatable bonds is 3. The van der Waals surface area contributed by atoms with E-state index in [1.807, 2.05) is 0 Å². The van der Waals surface area contributed by atoms with Gasteiger partial charge in [0.15, 0.2) is 0 Å². The van der Waals surface area contributed by atoms with E-state index < -0.39 is 34.2 Å². The van der Waals surface area contributed by atoms with Crippen LogP contribution in [0.4, 0.5) is 14.5 Å². The van der Waals surface area contributed by atoms with Gasteiger partial charge in [0.05, 0.1) is 17.1 Å². The smallest absolute Gasteiger partial charge is 0.312 e. The Labute approximate surface area is 87.5 Å². The van der Waals surface area contributed by atoms with Crippen molar-refractivity contribution in [3.8, 4) is 0 Å². The summed E-state index contributed by atoms with van der Waals surface area (Å²) in [5.74, 6) is 0. The average Bonchev–Trinajstić information content (AvgIpc) is 2.15. The number of nitrogens with zero attached hydrogens (tertiary/aromatic N) is 2. The number of aliphatic hydroxyl groups is 1. The molecule has 0 aliphatic carbocycles. The van der Waals surface area contributed by atoms with Crippen LogP contribution in [0.2, 0.25) is 5.02 Å². The zero-order chi connectivity index (χ0) is 11.6. The van der Waals surface area contributed by atoms with E-state index in [4.69, 9.17) is 16.7 Å². The lowest BCUT2D eigenvalue weighted by molar-refractivity contribution is -0.386. The molecule has 0 saturated carbocycles. The van der Waals surface area contributed by atoms with Crippen molar-refractivity contribution in [2.24, 2.45) is 0 Å². The summed E-state index contributed by atoms with van der Waals surface area (Å²) in [5, 5.41) is 18.5. The highest BCUT2D eigenvalue weighted by molar-refractivity contribution is 6.33. The number of hydrogen-bond donors (Lipinski definition) is 1. The molecule has 1 N–H and O–H groups in total. The lowest BCUT2D eigenvalue weighted by Gasteiger charge is -2.05. The van der Waals surface area contributed by atoms with Crippen molar-refractivity contribution in [3.05, 3.63) is 32.6 Å². The first-order chi connectivity index (χ1) is 6.99. The normalized spacial score (nSPS) is 10.7. The second-order valence-electron chi connectivity index (χ2n) is 2.54. The summed E-state index contributed by atoms with van der Waals surface area (Å²) in [4.78, 5) is 12.9. The zero-order valence-corrected chi connectivity index (χ0v) is 7.91. The van der Waals surface area contributed by atoms with Crippen molar-refractivity contribution in [3.63, 3.8) is 0 Å². The molecule has 0 fully saturated rings. The molecule has 0 saturated heterocycles. The highest BCUT2D eigenvalue weighted by Gasteiger charge is 2.26. The molecule has 1 heterocycles. The number of aromatic nitrogens is 1. The molecule has 1 rings (SSSR count). The van der Waals surface area contributed by atoms with Gasteiger partial charge in [-0.1, -0.05) is 11.6 Å². The molecule has 0 atom stereocenters. The summed E-state index contributed by atoms with van der Waals surface area (Å²) in [6.45, 7) is -0.737. The number of aliphatic hydroxyl groups excluding tert-OH is 1. The summed E-state index contributed by atoms with van der Waals surface area (Å²) >= 11 is 5.41. The van der Waals surface area contributed by atoms with Crippen LogP contribution in [0.25, 0.3) is 0 Å². The van der Waals surface area contributed by atoms with Crippen LogP contribution >= 0.6 is 11.6 Å². The van der Waals surface area contributed by atoms with Crippen LogP contribution in [0, 0.1) is 10.1 Å². The van der Waals surface area contributed by atoms with Crippen molar-refractivity contribution in [2.45, 2.75) is 13.0 Å². The lowest BCUT2D eigenvalue weighted by Crippen LogP contribution is -2.02. The van der Waals surface area contributed by atoms with Crippen LogP contribution in [0.1, 0.15) is 17.7 Å². The highest BCUT2D eigenvalue weighted by Crippen LogP contribution is 2.35. The van der Waals surface area contributed by atoms with Crippen molar-refractivity contribution in [1.82, 2.24) is 4.98 Å². The minimum atomic E-state index is -2.95. The lowest BCUT2D eigenvalue weighted by atomic mass is 10.2. The maximum Gasteiger partial charge on any atom is 0.312 e. The number of hydrogen-bond acceptors (Lipinski definition) is 4. The predicted molar refractivity (Wildman–Crippen MR) is 46.8 cm³/mol. The Bertz CT molecular complexity index is 400. The average molecular weight is 239 g/mol. The molecule has 1 aromatic heterocycles. The first-order valence-corrected chi connectivity index (χ1v) is 4.07. The first-order valence-electron chi connectivity index (χ1n) is 3.69. The Morgan fingerprint density at radius 2 is 2.27 bits per heavy atom. The largest absolute Gasteiger partial charge is 0.390 e. The molecule has 82 valence electrons. The van der Waals surface area contributed by atoms with Gasteiger partial charge >= 0.3 is 5.69 Å².